The number of hydrogen-bond acceptors (Lipinski definition) is 1. The van der Waals surface area contributed by atoms with Gasteiger partial charge in [-0.3, -0.25) is 0 Å². The van der Waals surface area contributed by atoms with Gasteiger partial charge in [0.25, 0.3) is 0 Å². The van der Waals surface area contributed by atoms with E-state index in [0.29, 0.717) is 39.4 Å². The van der Waals surface area contributed by atoms with E-state index in [9.17, 15) is 4.79 Å². The van der Waals surface area contributed by atoms with Gasteiger partial charge in [-0.05, 0) is 122 Å². The third-order valence-electron chi connectivity index (χ3n) is 13.1. The Labute approximate surface area is 192 Å². The molecule has 1 heteroatoms. The van der Waals surface area contributed by atoms with Crippen LogP contribution < -0.4 is 0 Å². The number of carbonyl (C=O) groups excluding carboxylic acids is 1. The maximum absolute atomic E-state index is 12.6. The molecule has 0 bridgehead atoms. The average molecular weight is 425 g/mol. The highest BCUT2D eigenvalue weighted by Gasteiger charge is 2.70. The van der Waals surface area contributed by atoms with Gasteiger partial charge in [-0.1, -0.05) is 53.2 Å². The van der Waals surface area contributed by atoms with Gasteiger partial charge < -0.3 is 4.79 Å². The molecule has 5 aliphatic carbocycles. The van der Waals surface area contributed by atoms with Crippen LogP contribution in [0.25, 0.3) is 0 Å². The Morgan fingerprint density at radius 2 is 1.55 bits per heavy atom. The lowest BCUT2D eigenvalue weighted by atomic mass is 9.32. The Kier molecular flexibility index (Phi) is 4.82. The largest absolute Gasteiger partial charge is 0.303 e. The number of allylic oxidation sites excluding steroid dienone is 1. The second kappa shape index (κ2) is 6.73. The first-order valence-electron chi connectivity index (χ1n) is 13.6. The fraction of sp³-hybridized carbons (Fsp3) is 0.900. The zero-order valence-corrected chi connectivity index (χ0v) is 21.4. The Bertz CT molecular complexity index is 779. The second-order valence-corrected chi connectivity index (χ2v) is 14.4. The van der Waals surface area contributed by atoms with Crippen LogP contribution in [0.4, 0.5) is 0 Å². The summed E-state index contributed by atoms with van der Waals surface area (Å²) >= 11 is 0. The van der Waals surface area contributed by atoms with E-state index < -0.39 is 0 Å². The zero-order chi connectivity index (χ0) is 22.4. The van der Waals surface area contributed by atoms with Gasteiger partial charge in [-0.25, -0.2) is 0 Å². The highest BCUT2D eigenvalue weighted by molar-refractivity contribution is 5.62. The summed E-state index contributed by atoms with van der Waals surface area (Å²) in [4.78, 5) is 12.6. The lowest BCUT2D eigenvalue weighted by molar-refractivity contribution is -0.234. The molecular weight excluding hydrogens is 376 g/mol. The van der Waals surface area contributed by atoms with E-state index in [0.717, 1.165) is 24.7 Å². The van der Waals surface area contributed by atoms with Crippen molar-refractivity contribution in [3.8, 4) is 0 Å². The fourth-order valence-electron chi connectivity index (χ4n) is 11.5. The van der Waals surface area contributed by atoms with Crippen molar-refractivity contribution in [2.75, 3.05) is 0 Å². The summed E-state index contributed by atoms with van der Waals surface area (Å²) in [6.07, 6.45) is 16.0. The van der Waals surface area contributed by atoms with Crippen molar-refractivity contribution in [1.29, 1.82) is 0 Å². The van der Waals surface area contributed by atoms with Gasteiger partial charge in [0.2, 0.25) is 0 Å². The van der Waals surface area contributed by atoms with Crippen molar-refractivity contribution in [2.45, 2.75) is 112 Å². The highest BCUT2D eigenvalue weighted by atomic mass is 16.1. The van der Waals surface area contributed by atoms with Crippen molar-refractivity contribution >= 4 is 6.29 Å². The molecule has 1 nitrogen and oxygen atoms in total. The topological polar surface area (TPSA) is 17.1 Å². The quantitative estimate of drug-likeness (QED) is 0.322. The van der Waals surface area contributed by atoms with Crippen LogP contribution in [-0.4, -0.2) is 6.29 Å². The molecule has 0 unspecified atom stereocenters. The van der Waals surface area contributed by atoms with E-state index in [1.807, 2.05) is 0 Å². The maximum Gasteiger partial charge on any atom is 0.126 e. The van der Waals surface area contributed by atoms with Crippen molar-refractivity contribution in [1.82, 2.24) is 0 Å². The first kappa shape index (κ1) is 22.2. The smallest absolute Gasteiger partial charge is 0.126 e. The Morgan fingerprint density at radius 1 is 0.806 bits per heavy atom. The fourth-order valence-corrected chi connectivity index (χ4v) is 11.5. The normalized spacial score (nSPS) is 55.4. The Morgan fingerprint density at radius 3 is 2.23 bits per heavy atom. The van der Waals surface area contributed by atoms with Gasteiger partial charge in [-0.15, -0.1) is 0 Å². The lowest BCUT2D eigenvalue weighted by Crippen LogP contribution is -2.65. The molecule has 0 aromatic carbocycles. The minimum absolute atomic E-state index is 0.0507. The minimum atomic E-state index is -0.0507. The Balaban J connectivity index is 1.56. The molecule has 9 atom stereocenters. The van der Waals surface area contributed by atoms with Crippen LogP contribution in [0.3, 0.4) is 0 Å². The molecular formula is C30H48O. The molecule has 0 aliphatic heterocycles. The standard InChI is InChI=1S/C30H48O/c1-20(2)21-11-16-30(19-31)18-17-28(6)22(25(21)30)9-10-24-27(5)14-8-13-26(3,4)23(27)12-15-29(24,28)7/h19,21-25H,1,8-18H2,2-7H3/t21-,22+,23-,24+,25+,27-,28+,29+,30+/m0/s1. The van der Waals surface area contributed by atoms with Gasteiger partial charge in [-0.2, -0.15) is 0 Å². The summed E-state index contributed by atoms with van der Waals surface area (Å²) in [5.41, 5.74) is 3.10. The summed E-state index contributed by atoms with van der Waals surface area (Å²) in [5, 5.41) is 0. The number of rotatable bonds is 2. The first-order valence-corrected chi connectivity index (χ1v) is 13.6. The number of fused-ring (bicyclic) bond motifs is 7. The zero-order valence-electron chi connectivity index (χ0n) is 21.4. The van der Waals surface area contributed by atoms with Crippen LogP contribution in [0, 0.1) is 56.7 Å². The average Bonchev–Trinajstić information content (AvgIpc) is 3.08. The molecule has 5 fully saturated rings. The Hall–Kier alpha value is -0.590. The monoisotopic (exact) mass is 424 g/mol. The summed E-state index contributed by atoms with van der Waals surface area (Å²) in [5.74, 6) is 3.56. The highest BCUT2D eigenvalue weighted by Crippen LogP contribution is 2.77. The molecule has 0 amide bonds. The van der Waals surface area contributed by atoms with Crippen molar-refractivity contribution in [2.24, 2.45) is 56.7 Å². The number of hydrogen-bond donors (Lipinski definition) is 0. The van der Waals surface area contributed by atoms with E-state index >= 15 is 0 Å². The minimum Gasteiger partial charge on any atom is -0.303 e. The summed E-state index contributed by atoms with van der Waals surface area (Å²) in [6.45, 7) is 19.9. The first-order chi connectivity index (χ1) is 14.5. The van der Waals surface area contributed by atoms with E-state index in [1.165, 1.54) is 69.6 Å². The predicted octanol–water partition coefficient (Wildman–Crippen LogP) is 8.23. The molecule has 0 saturated heterocycles. The van der Waals surface area contributed by atoms with Crippen LogP contribution in [0.15, 0.2) is 12.2 Å². The van der Waals surface area contributed by atoms with Gasteiger partial charge in [0.05, 0.1) is 0 Å². The summed E-state index contributed by atoms with van der Waals surface area (Å²) in [7, 11) is 0. The van der Waals surface area contributed by atoms with Crippen molar-refractivity contribution in [3.63, 3.8) is 0 Å². The van der Waals surface area contributed by atoms with Gasteiger partial charge in [0.1, 0.15) is 6.29 Å². The molecule has 5 rings (SSSR count). The van der Waals surface area contributed by atoms with E-state index in [4.69, 9.17) is 0 Å². The van der Waals surface area contributed by atoms with Gasteiger partial charge >= 0.3 is 0 Å². The molecule has 5 aliphatic rings. The summed E-state index contributed by atoms with van der Waals surface area (Å²) in [6, 6.07) is 0. The maximum atomic E-state index is 12.6. The van der Waals surface area contributed by atoms with Crippen LogP contribution in [0.1, 0.15) is 112 Å². The van der Waals surface area contributed by atoms with E-state index in [-0.39, 0.29) is 5.41 Å². The predicted molar refractivity (Wildman–Crippen MR) is 130 cm³/mol. The van der Waals surface area contributed by atoms with Crippen LogP contribution in [-0.2, 0) is 4.79 Å². The molecule has 5 saturated carbocycles. The third kappa shape index (κ3) is 2.64. The molecule has 31 heavy (non-hydrogen) atoms. The molecule has 0 radical (unpaired) electrons. The third-order valence-corrected chi connectivity index (χ3v) is 13.1. The van der Waals surface area contributed by atoms with Crippen LogP contribution in [0.5, 0.6) is 0 Å². The van der Waals surface area contributed by atoms with Crippen LogP contribution in [0.2, 0.25) is 0 Å². The molecule has 0 heterocycles. The van der Waals surface area contributed by atoms with Crippen molar-refractivity contribution < 1.29 is 4.79 Å². The molecule has 0 spiro atoms. The number of carbonyl (C=O) groups is 1. The molecule has 174 valence electrons. The van der Waals surface area contributed by atoms with Gasteiger partial charge in [0.15, 0.2) is 0 Å². The molecule has 0 aromatic heterocycles. The second-order valence-electron chi connectivity index (χ2n) is 14.4. The van der Waals surface area contributed by atoms with Gasteiger partial charge in [0, 0.05) is 5.41 Å². The molecule has 0 N–H and O–H groups in total. The number of aldehydes is 1. The molecule has 0 aromatic rings. The van der Waals surface area contributed by atoms with E-state index in [2.05, 4.69) is 48.1 Å². The SMILES string of the molecule is C=C(C)[C@@H]1CC[C@]2(C=O)CC[C@]3(C)[C@H](CC[C@@H]4[C@@]5(C)CCCC(C)(C)[C@@H]5CC[C@]43C)[C@@H]12. The van der Waals surface area contributed by atoms with Crippen LogP contribution >= 0.6 is 0 Å². The van der Waals surface area contributed by atoms with Crippen molar-refractivity contribution in [3.05, 3.63) is 12.2 Å². The summed E-state index contributed by atoms with van der Waals surface area (Å²) < 4.78 is 0. The lowest BCUT2D eigenvalue weighted by Gasteiger charge is -2.72. The van der Waals surface area contributed by atoms with E-state index in [1.54, 1.807) is 0 Å².